The van der Waals surface area contributed by atoms with Gasteiger partial charge in [0.25, 0.3) is 0 Å². The van der Waals surface area contributed by atoms with E-state index in [2.05, 4.69) is 5.16 Å². The number of aromatic nitrogens is 1. The predicted molar refractivity (Wildman–Crippen MR) is 77.3 cm³/mol. The third kappa shape index (κ3) is 2.58. The van der Waals surface area contributed by atoms with Gasteiger partial charge >= 0.3 is 0 Å². The molecule has 0 spiro atoms. The molecule has 0 aliphatic carbocycles. The molecule has 0 radical (unpaired) electrons. The van der Waals surface area contributed by atoms with Crippen LogP contribution in [0.1, 0.15) is 11.5 Å². The minimum absolute atomic E-state index is 0.00306. The Bertz CT molecular complexity index is 772. The molecule has 5 nitrogen and oxygen atoms in total. The zero-order valence-corrected chi connectivity index (χ0v) is 11.5. The van der Waals surface area contributed by atoms with Crippen molar-refractivity contribution in [1.82, 2.24) is 5.16 Å². The molecule has 0 aliphatic rings. The van der Waals surface area contributed by atoms with Gasteiger partial charge in [-0.3, -0.25) is 4.79 Å². The number of carbonyl (C=O) groups is 1. The van der Waals surface area contributed by atoms with E-state index in [1.165, 1.54) is 0 Å². The van der Waals surface area contributed by atoms with Crippen molar-refractivity contribution in [3.63, 3.8) is 0 Å². The van der Waals surface area contributed by atoms with Gasteiger partial charge in [0.05, 0.1) is 12.0 Å². The van der Waals surface area contributed by atoms with E-state index < -0.39 is 5.91 Å². The minimum Gasteiger partial charge on any atom is -0.460 e. The fraction of sp³-hybridized carbons (Fsp3) is 0.125. The first-order chi connectivity index (χ1) is 10.1. The van der Waals surface area contributed by atoms with Crippen LogP contribution in [-0.4, -0.2) is 11.1 Å². The van der Waals surface area contributed by atoms with Crippen molar-refractivity contribution in [2.45, 2.75) is 13.3 Å². The van der Waals surface area contributed by atoms with Gasteiger partial charge < -0.3 is 14.7 Å². The van der Waals surface area contributed by atoms with Gasteiger partial charge in [-0.1, -0.05) is 35.5 Å². The van der Waals surface area contributed by atoms with Gasteiger partial charge in [-0.25, -0.2) is 0 Å². The van der Waals surface area contributed by atoms with E-state index in [1.807, 2.05) is 49.4 Å². The fourth-order valence-electron chi connectivity index (χ4n) is 2.24. The monoisotopic (exact) mass is 282 g/mol. The largest absolute Gasteiger partial charge is 0.460 e. The van der Waals surface area contributed by atoms with E-state index in [0.717, 1.165) is 16.9 Å². The highest BCUT2D eigenvalue weighted by Gasteiger charge is 2.22. The molecule has 0 fully saturated rings. The molecule has 0 saturated heterocycles. The molecule has 0 aliphatic heterocycles. The second-order valence-electron chi connectivity index (χ2n) is 4.75. The van der Waals surface area contributed by atoms with E-state index in [0.29, 0.717) is 17.2 Å². The van der Waals surface area contributed by atoms with Crippen LogP contribution >= 0.6 is 0 Å². The lowest BCUT2D eigenvalue weighted by molar-refractivity contribution is -0.117. The molecule has 0 saturated carbocycles. The summed E-state index contributed by atoms with van der Waals surface area (Å²) in [6.45, 7) is 1.86. The van der Waals surface area contributed by atoms with E-state index in [-0.39, 0.29) is 6.42 Å². The van der Waals surface area contributed by atoms with E-state index in [1.54, 1.807) is 0 Å². The van der Waals surface area contributed by atoms with Crippen molar-refractivity contribution in [3.8, 4) is 22.6 Å². The van der Waals surface area contributed by atoms with Crippen LogP contribution in [-0.2, 0) is 11.2 Å². The van der Waals surface area contributed by atoms with Crippen LogP contribution in [0.2, 0.25) is 0 Å². The first kappa shape index (κ1) is 13.2. The topological polar surface area (TPSA) is 82.3 Å². The molecule has 3 rings (SSSR count). The molecule has 2 aromatic heterocycles. The number of hydrogen-bond acceptors (Lipinski definition) is 4. The molecule has 0 bridgehead atoms. The Morgan fingerprint density at radius 1 is 1.19 bits per heavy atom. The molecule has 3 aromatic rings. The first-order valence-electron chi connectivity index (χ1n) is 6.54. The Balaban J connectivity index is 2.17. The average Bonchev–Trinajstić information content (AvgIpc) is 3.05. The molecule has 106 valence electrons. The predicted octanol–water partition coefficient (Wildman–Crippen LogP) is 2.94. The number of amides is 1. The first-order valence-corrected chi connectivity index (χ1v) is 6.54. The Morgan fingerprint density at radius 3 is 2.57 bits per heavy atom. The van der Waals surface area contributed by atoms with Gasteiger partial charge in [0.1, 0.15) is 5.76 Å². The van der Waals surface area contributed by atoms with Gasteiger partial charge in [-0.05, 0) is 24.6 Å². The average molecular weight is 282 g/mol. The van der Waals surface area contributed by atoms with Crippen LogP contribution in [0.15, 0.2) is 51.4 Å². The molecular weight excluding hydrogens is 268 g/mol. The molecule has 1 amide bonds. The number of hydrogen-bond donors (Lipinski definition) is 1. The van der Waals surface area contributed by atoms with Gasteiger partial charge in [0.2, 0.25) is 5.91 Å². The number of benzene rings is 1. The Morgan fingerprint density at radius 2 is 1.95 bits per heavy atom. The Kier molecular flexibility index (Phi) is 3.31. The normalized spacial score (nSPS) is 10.7. The summed E-state index contributed by atoms with van der Waals surface area (Å²) < 4.78 is 10.9. The van der Waals surface area contributed by atoms with Crippen LogP contribution in [0.5, 0.6) is 0 Å². The maximum atomic E-state index is 11.2. The lowest BCUT2D eigenvalue weighted by Gasteiger charge is -2.02. The van der Waals surface area contributed by atoms with Gasteiger partial charge in [0, 0.05) is 0 Å². The number of nitrogens with two attached hydrogens (primary N) is 1. The molecule has 2 N–H and O–H groups in total. The maximum Gasteiger partial charge on any atom is 0.225 e. The minimum atomic E-state index is -0.467. The standard InChI is InChI=1S/C16H14N2O3/c1-10-7-8-12(20-10)16-15(11-5-3-2-4-6-11)13(21-18-16)9-14(17)19/h2-8H,9H2,1H3,(H2,17,19). The summed E-state index contributed by atoms with van der Waals surface area (Å²) in [5.74, 6) is 1.36. The summed E-state index contributed by atoms with van der Waals surface area (Å²) in [4.78, 5) is 11.2. The van der Waals surface area contributed by atoms with Crippen LogP contribution in [0.3, 0.4) is 0 Å². The van der Waals surface area contributed by atoms with Crippen molar-refractivity contribution >= 4 is 5.91 Å². The Hall–Kier alpha value is -2.82. The zero-order valence-electron chi connectivity index (χ0n) is 11.5. The highest BCUT2D eigenvalue weighted by atomic mass is 16.5. The fourth-order valence-corrected chi connectivity index (χ4v) is 2.24. The summed E-state index contributed by atoms with van der Waals surface area (Å²) in [5.41, 5.74) is 7.49. The molecule has 5 heteroatoms. The molecule has 2 heterocycles. The second kappa shape index (κ2) is 5.28. The van der Waals surface area contributed by atoms with Crippen molar-refractivity contribution < 1.29 is 13.7 Å². The Labute approximate surface area is 121 Å². The quantitative estimate of drug-likeness (QED) is 0.797. The van der Waals surface area contributed by atoms with Crippen LogP contribution in [0.4, 0.5) is 0 Å². The van der Waals surface area contributed by atoms with Crippen molar-refractivity contribution in [2.24, 2.45) is 5.73 Å². The third-order valence-electron chi connectivity index (χ3n) is 3.13. The number of carbonyl (C=O) groups excluding carboxylic acids is 1. The zero-order chi connectivity index (χ0) is 14.8. The lowest BCUT2D eigenvalue weighted by Crippen LogP contribution is -2.13. The summed E-state index contributed by atoms with van der Waals surface area (Å²) >= 11 is 0. The lowest BCUT2D eigenvalue weighted by atomic mass is 10.0. The van der Waals surface area contributed by atoms with Crippen molar-refractivity contribution in [2.75, 3.05) is 0 Å². The molecule has 1 aromatic carbocycles. The van der Waals surface area contributed by atoms with E-state index in [4.69, 9.17) is 14.7 Å². The summed E-state index contributed by atoms with van der Waals surface area (Å²) in [6, 6.07) is 13.3. The number of furan rings is 1. The summed E-state index contributed by atoms with van der Waals surface area (Å²) in [7, 11) is 0. The highest BCUT2D eigenvalue weighted by Crippen LogP contribution is 2.35. The van der Waals surface area contributed by atoms with Crippen molar-refractivity contribution in [3.05, 3.63) is 54.0 Å². The molecule has 0 atom stereocenters. The maximum absolute atomic E-state index is 11.2. The summed E-state index contributed by atoms with van der Waals surface area (Å²) in [5, 5.41) is 4.05. The summed E-state index contributed by atoms with van der Waals surface area (Å²) in [6.07, 6.45) is -0.00306. The van der Waals surface area contributed by atoms with Crippen LogP contribution < -0.4 is 5.73 Å². The van der Waals surface area contributed by atoms with E-state index >= 15 is 0 Å². The molecular formula is C16H14N2O3. The smallest absolute Gasteiger partial charge is 0.225 e. The van der Waals surface area contributed by atoms with Gasteiger partial charge in [-0.2, -0.15) is 0 Å². The second-order valence-corrected chi connectivity index (χ2v) is 4.75. The van der Waals surface area contributed by atoms with E-state index in [9.17, 15) is 4.79 Å². The number of nitrogens with zero attached hydrogens (tertiary/aromatic N) is 1. The van der Waals surface area contributed by atoms with Gasteiger partial charge in [0.15, 0.2) is 17.2 Å². The number of primary amides is 1. The third-order valence-corrected chi connectivity index (χ3v) is 3.13. The van der Waals surface area contributed by atoms with Crippen LogP contribution in [0, 0.1) is 6.92 Å². The SMILES string of the molecule is Cc1ccc(-c2noc(CC(N)=O)c2-c2ccccc2)o1. The van der Waals surface area contributed by atoms with Gasteiger partial charge in [-0.15, -0.1) is 0 Å². The van der Waals surface area contributed by atoms with Crippen molar-refractivity contribution in [1.29, 1.82) is 0 Å². The number of rotatable bonds is 4. The number of aryl methyl sites for hydroxylation is 1. The molecule has 21 heavy (non-hydrogen) atoms. The highest BCUT2D eigenvalue weighted by molar-refractivity contribution is 5.84. The van der Waals surface area contributed by atoms with Crippen LogP contribution in [0.25, 0.3) is 22.6 Å². The molecule has 0 unspecified atom stereocenters.